The Kier molecular flexibility index (Phi) is 4.91. The lowest BCUT2D eigenvalue weighted by atomic mass is 10.1. The van der Waals surface area contributed by atoms with Gasteiger partial charge < -0.3 is 5.11 Å². The Labute approximate surface area is 118 Å². The van der Waals surface area contributed by atoms with E-state index in [9.17, 15) is 5.11 Å². The smallest absolute Gasteiger partial charge is 0.0626 e. The number of rotatable bonds is 5. The van der Waals surface area contributed by atoms with Crippen molar-refractivity contribution in [1.29, 1.82) is 0 Å². The molecule has 1 aromatic carbocycles. The molecule has 100 valence electrons. The van der Waals surface area contributed by atoms with E-state index in [1.54, 1.807) is 6.20 Å². The number of aliphatic hydroxyl groups excluding tert-OH is 1. The largest absolute Gasteiger partial charge is 0.394 e. The molecule has 3 nitrogen and oxygen atoms in total. The predicted octanol–water partition coefficient (Wildman–Crippen LogP) is 3.12. The molecule has 0 radical (unpaired) electrons. The first kappa shape index (κ1) is 14.0. The number of pyridine rings is 1. The zero-order valence-corrected chi connectivity index (χ0v) is 11.5. The van der Waals surface area contributed by atoms with Gasteiger partial charge in [-0.3, -0.25) is 10.3 Å². The number of hydrogen-bond donors (Lipinski definition) is 2. The molecule has 0 aliphatic heterocycles. The molecule has 4 heteroatoms. The maximum atomic E-state index is 9.53. The molecule has 1 aromatic heterocycles. The second kappa shape index (κ2) is 6.66. The molecular formula is C15H17ClN2O. The maximum absolute atomic E-state index is 9.53. The summed E-state index contributed by atoms with van der Waals surface area (Å²) >= 11 is 5.87. The van der Waals surface area contributed by atoms with Crippen molar-refractivity contribution in [3.05, 3.63) is 64.9 Å². The summed E-state index contributed by atoms with van der Waals surface area (Å²) in [6.45, 7) is 2.06. The molecule has 2 rings (SSSR count). The van der Waals surface area contributed by atoms with Crippen LogP contribution in [-0.4, -0.2) is 16.7 Å². The van der Waals surface area contributed by atoms with Crippen LogP contribution in [0.4, 0.5) is 0 Å². The summed E-state index contributed by atoms with van der Waals surface area (Å²) in [5, 5.41) is 13.6. The van der Waals surface area contributed by atoms with Gasteiger partial charge in [-0.2, -0.15) is 0 Å². The van der Waals surface area contributed by atoms with E-state index in [-0.39, 0.29) is 18.7 Å². The van der Waals surface area contributed by atoms with Gasteiger partial charge in [0.2, 0.25) is 0 Å². The minimum Gasteiger partial charge on any atom is -0.394 e. The van der Waals surface area contributed by atoms with Crippen LogP contribution in [0.25, 0.3) is 0 Å². The Balaban J connectivity index is 2.09. The number of nitrogens with one attached hydrogen (secondary N) is 1. The molecule has 0 aliphatic carbocycles. The highest BCUT2D eigenvalue weighted by atomic mass is 35.5. The molecule has 2 aromatic rings. The lowest BCUT2D eigenvalue weighted by Gasteiger charge is -2.21. The first-order chi connectivity index (χ1) is 9.20. The number of aromatic nitrogens is 1. The first-order valence-electron chi connectivity index (χ1n) is 6.24. The van der Waals surface area contributed by atoms with Crippen LogP contribution in [0, 0.1) is 0 Å². The van der Waals surface area contributed by atoms with Crippen molar-refractivity contribution >= 4 is 11.6 Å². The topological polar surface area (TPSA) is 45.1 Å². The zero-order valence-electron chi connectivity index (χ0n) is 10.8. The lowest BCUT2D eigenvalue weighted by molar-refractivity contribution is 0.235. The van der Waals surface area contributed by atoms with E-state index in [0.717, 1.165) is 11.3 Å². The van der Waals surface area contributed by atoms with Crippen LogP contribution in [0.15, 0.2) is 48.7 Å². The second-order valence-electron chi connectivity index (χ2n) is 4.43. The summed E-state index contributed by atoms with van der Waals surface area (Å²) < 4.78 is 0. The Morgan fingerprint density at radius 3 is 2.53 bits per heavy atom. The third-order valence-corrected chi connectivity index (χ3v) is 3.29. The standard InChI is InChI=1S/C15H17ClN2O/c1-11(14-4-2-3-9-17-14)18-15(10-19)12-5-7-13(16)8-6-12/h2-9,11,15,18-19H,10H2,1H3. The fourth-order valence-electron chi connectivity index (χ4n) is 1.97. The Morgan fingerprint density at radius 1 is 1.21 bits per heavy atom. The van der Waals surface area contributed by atoms with Gasteiger partial charge in [-0.25, -0.2) is 0 Å². The average Bonchev–Trinajstić information content (AvgIpc) is 2.46. The minimum absolute atomic E-state index is 0.0266. The number of aliphatic hydroxyl groups is 1. The van der Waals surface area contributed by atoms with Crippen LogP contribution in [0.2, 0.25) is 5.02 Å². The van der Waals surface area contributed by atoms with E-state index in [2.05, 4.69) is 10.3 Å². The first-order valence-corrected chi connectivity index (χ1v) is 6.62. The molecule has 0 bridgehead atoms. The van der Waals surface area contributed by atoms with Crippen molar-refractivity contribution in [2.75, 3.05) is 6.61 Å². The van der Waals surface area contributed by atoms with Gasteiger partial charge in [-0.1, -0.05) is 29.8 Å². The predicted molar refractivity (Wildman–Crippen MR) is 77.1 cm³/mol. The Hall–Kier alpha value is -1.42. The summed E-state index contributed by atoms with van der Waals surface area (Å²) in [4.78, 5) is 4.31. The maximum Gasteiger partial charge on any atom is 0.0626 e. The molecule has 2 unspecified atom stereocenters. The van der Waals surface area contributed by atoms with Crippen LogP contribution < -0.4 is 5.32 Å². The van der Waals surface area contributed by atoms with Gasteiger partial charge in [0, 0.05) is 17.3 Å². The van der Waals surface area contributed by atoms with Gasteiger partial charge in [0.25, 0.3) is 0 Å². The van der Waals surface area contributed by atoms with Crippen molar-refractivity contribution in [2.24, 2.45) is 0 Å². The monoisotopic (exact) mass is 276 g/mol. The SMILES string of the molecule is CC(NC(CO)c1ccc(Cl)cc1)c1ccccn1. The molecular weight excluding hydrogens is 260 g/mol. The summed E-state index contributed by atoms with van der Waals surface area (Å²) in [5.74, 6) is 0. The van der Waals surface area contributed by atoms with Gasteiger partial charge in [-0.05, 0) is 36.8 Å². The molecule has 2 N–H and O–H groups in total. The van der Waals surface area contributed by atoms with E-state index >= 15 is 0 Å². The molecule has 0 saturated heterocycles. The average molecular weight is 277 g/mol. The zero-order chi connectivity index (χ0) is 13.7. The quantitative estimate of drug-likeness (QED) is 0.882. The minimum atomic E-state index is -0.130. The highest BCUT2D eigenvalue weighted by Gasteiger charge is 2.15. The summed E-state index contributed by atoms with van der Waals surface area (Å²) in [6, 6.07) is 13.2. The van der Waals surface area contributed by atoms with E-state index in [4.69, 9.17) is 11.6 Å². The van der Waals surface area contributed by atoms with E-state index in [1.807, 2.05) is 49.4 Å². The number of benzene rings is 1. The van der Waals surface area contributed by atoms with E-state index in [1.165, 1.54) is 0 Å². The molecule has 0 spiro atoms. The van der Waals surface area contributed by atoms with Crippen molar-refractivity contribution in [2.45, 2.75) is 19.0 Å². The fourth-order valence-corrected chi connectivity index (χ4v) is 2.09. The van der Waals surface area contributed by atoms with Gasteiger partial charge in [0.15, 0.2) is 0 Å². The number of halogens is 1. The molecule has 0 saturated carbocycles. The van der Waals surface area contributed by atoms with E-state index in [0.29, 0.717) is 5.02 Å². The van der Waals surface area contributed by atoms with E-state index < -0.39 is 0 Å². The van der Waals surface area contributed by atoms with Gasteiger partial charge >= 0.3 is 0 Å². The second-order valence-corrected chi connectivity index (χ2v) is 4.87. The molecule has 0 fully saturated rings. The van der Waals surface area contributed by atoms with Crippen LogP contribution in [0.5, 0.6) is 0 Å². The van der Waals surface area contributed by atoms with Crippen LogP contribution in [0.3, 0.4) is 0 Å². The van der Waals surface area contributed by atoms with Gasteiger partial charge in [0.1, 0.15) is 0 Å². The van der Waals surface area contributed by atoms with Crippen LogP contribution in [0.1, 0.15) is 30.3 Å². The summed E-state index contributed by atoms with van der Waals surface area (Å²) in [5.41, 5.74) is 1.96. The highest BCUT2D eigenvalue weighted by Crippen LogP contribution is 2.20. The van der Waals surface area contributed by atoms with Crippen molar-refractivity contribution in [3.63, 3.8) is 0 Å². The molecule has 1 heterocycles. The molecule has 0 amide bonds. The normalized spacial score (nSPS) is 14.1. The van der Waals surface area contributed by atoms with Crippen molar-refractivity contribution in [3.8, 4) is 0 Å². The van der Waals surface area contributed by atoms with Crippen LogP contribution >= 0.6 is 11.6 Å². The van der Waals surface area contributed by atoms with Crippen molar-refractivity contribution in [1.82, 2.24) is 10.3 Å². The summed E-state index contributed by atoms with van der Waals surface area (Å²) in [6.07, 6.45) is 1.77. The molecule has 0 aliphatic rings. The third-order valence-electron chi connectivity index (χ3n) is 3.04. The Bertz CT molecular complexity index is 501. The molecule has 2 atom stereocenters. The van der Waals surface area contributed by atoms with Crippen molar-refractivity contribution < 1.29 is 5.11 Å². The van der Waals surface area contributed by atoms with Gasteiger partial charge in [0.05, 0.1) is 18.3 Å². The van der Waals surface area contributed by atoms with Gasteiger partial charge in [-0.15, -0.1) is 0 Å². The number of nitrogens with zero attached hydrogens (tertiary/aromatic N) is 1. The Morgan fingerprint density at radius 2 is 1.95 bits per heavy atom. The number of hydrogen-bond acceptors (Lipinski definition) is 3. The fraction of sp³-hybridized carbons (Fsp3) is 0.267. The van der Waals surface area contributed by atoms with Crippen LogP contribution in [-0.2, 0) is 0 Å². The highest BCUT2D eigenvalue weighted by molar-refractivity contribution is 6.30. The summed E-state index contributed by atoms with van der Waals surface area (Å²) in [7, 11) is 0. The third kappa shape index (κ3) is 3.77. The lowest BCUT2D eigenvalue weighted by Crippen LogP contribution is -2.27. The molecule has 19 heavy (non-hydrogen) atoms.